The lowest BCUT2D eigenvalue weighted by Crippen LogP contribution is -2.48. The van der Waals surface area contributed by atoms with Gasteiger partial charge in [0.25, 0.3) is 0 Å². The van der Waals surface area contributed by atoms with E-state index in [2.05, 4.69) is 47.9 Å². The van der Waals surface area contributed by atoms with E-state index >= 15 is 0 Å². The first kappa shape index (κ1) is 15.8. The highest BCUT2D eigenvalue weighted by molar-refractivity contribution is 7.13. The van der Waals surface area contributed by atoms with E-state index in [1.165, 1.54) is 54.8 Å². The highest BCUT2D eigenvalue weighted by atomic mass is 32.1. The molecule has 2 heterocycles. The maximum Gasteiger partial charge on any atom is 0.150 e. The Bertz CT molecular complexity index is 587. The number of fused-ring (bicyclic) bond motifs is 1. The van der Waals surface area contributed by atoms with Crippen molar-refractivity contribution in [2.75, 3.05) is 37.6 Å². The monoisotopic (exact) mass is 317 g/mol. The zero-order valence-electron chi connectivity index (χ0n) is 13.8. The number of aromatic nitrogens is 1. The number of nitrogens with zero attached hydrogens (tertiary/aromatic N) is 3. The van der Waals surface area contributed by atoms with Crippen molar-refractivity contribution in [3.8, 4) is 0 Å². The molecule has 1 aromatic heterocycles. The third kappa shape index (κ3) is 3.44. The minimum Gasteiger partial charge on any atom is -0.353 e. The van der Waals surface area contributed by atoms with Crippen LogP contribution in [0, 0.1) is 5.92 Å². The van der Waals surface area contributed by atoms with Crippen molar-refractivity contribution in [1.82, 2.24) is 9.27 Å². The molecule has 0 aliphatic carbocycles. The summed E-state index contributed by atoms with van der Waals surface area (Å²) in [6.07, 6.45) is 3.99. The molecule has 4 heteroatoms. The Morgan fingerprint density at radius 2 is 1.91 bits per heavy atom. The summed E-state index contributed by atoms with van der Waals surface area (Å²) in [5.41, 5.74) is 0. The minimum atomic E-state index is 0.872. The van der Waals surface area contributed by atoms with Gasteiger partial charge in [-0.15, -0.1) is 0 Å². The van der Waals surface area contributed by atoms with Crippen LogP contribution in [0.15, 0.2) is 24.3 Å². The lowest BCUT2D eigenvalue weighted by Gasteiger charge is -2.36. The van der Waals surface area contributed by atoms with Crippen molar-refractivity contribution in [2.45, 2.75) is 33.1 Å². The SMILES string of the molecule is CCC[C@H](CC)CN1CCN(c2nsc3ccccc23)CC1. The fraction of sp³-hybridized carbons (Fsp3) is 0.611. The van der Waals surface area contributed by atoms with Gasteiger partial charge in [0.15, 0.2) is 0 Å². The molecule has 0 amide bonds. The summed E-state index contributed by atoms with van der Waals surface area (Å²) in [7, 11) is 0. The van der Waals surface area contributed by atoms with Crippen LogP contribution >= 0.6 is 11.5 Å². The molecule has 1 aliphatic rings. The van der Waals surface area contributed by atoms with Gasteiger partial charge in [0.1, 0.15) is 5.82 Å². The van der Waals surface area contributed by atoms with E-state index in [0.29, 0.717) is 0 Å². The van der Waals surface area contributed by atoms with Crippen LogP contribution in [-0.4, -0.2) is 42.0 Å². The van der Waals surface area contributed by atoms with E-state index in [-0.39, 0.29) is 0 Å². The first-order valence-corrected chi connectivity index (χ1v) is 9.40. The van der Waals surface area contributed by atoms with Gasteiger partial charge in [0.05, 0.1) is 4.70 Å². The molecule has 0 unspecified atom stereocenters. The predicted molar refractivity (Wildman–Crippen MR) is 97.0 cm³/mol. The van der Waals surface area contributed by atoms with Crippen LogP contribution in [0.3, 0.4) is 0 Å². The molecule has 1 fully saturated rings. The smallest absolute Gasteiger partial charge is 0.150 e. The summed E-state index contributed by atoms with van der Waals surface area (Å²) < 4.78 is 6.00. The van der Waals surface area contributed by atoms with Crippen molar-refractivity contribution in [3.05, 3.63) is 24.3 Å². The standard InChI is InChI=1S/C18H27N3S/c1-3-7-15(4-2)14-20-10-12-21(13-11-20)18-16-8-5-6-9-17(16)22-19-18/h5-6,8-9,15H,3-4,7,10-14H2,1-2H3/t15-/m0/s1. The molecule has 3 rings (SSSR count). The molecule has 2 aromatic rings. The highest BCUT2D eigenvalue weighted by Crippen LogP contribution is 2.30. The minimum absolute atomic E-state index is 0.872. The van der Waals surface area contributed by atoms with Crippen LogP contribution in [-0.2, 0) is 0 Å². The molecular weight excluding hydrogens is 290 g/mol. The summed E-state index contributed by atoms with van der Waals surface area (Å²) in [6, 6.07) is 8.59. The molecule has 0 radical (unpaired) electrons. The molecule has 1 aliphatic heterocycles. The van der Waals surface area contributed by atoms with E-state index in [9.17, 15) is 0 Å². The van der Waals surface area contributed by atoms with E-state index < -0.39 is 0 Å². The molecule has 0 spiro atoms. The normalized spacial score (nSPS) is 18.0. The first-order chi connectivity index (χ1) is 10.8. The second kappa shape index (κ2) is 7.42. The summed E-state index contributed by atoms with van der Waals surface area (Å²) in [5, 5.41) is 1.32. The Morgan fingerprint density at radius 3 is 2.64 bits per heavy atom. The second-order valence-electron chi connectivity index (χ2n) is 6.35. The zero-order chi connectivity index (χ0) is 15.4. The van der Waals surface area contributed by atoms with Crippen molar-refractivity contribution < 1.29 is 0 Å². The van der Waals surface area contributed by atoms with E-state index in [4.69, 9.17) is 4.37 Å². The van der Waals surface area contributed by atoms with Gasteiger partial charge < -0.3 is 4.90 Å². The fourth-order valence-electron chi connectivity index (χ4n) is 3.44. The lowest BCUT2D eigenvalue weighted by molar-refractivity contribution is 0.209. The van der Waals surface area contributed by atoms with Crippen molar-refractivity contribution in [1.29, 1.82) is 0 Å². The van der Waals surface area contributed by atoms with Crippen LogP contribution in [0.5, 0.6) is 0 Å². The van der Waals surface area contributed by atoms with Gasteiger partial charge >= 0.3 is 0 Å². The topological polar surface area (TPSA) is 19.4 Å². The van der Waals surface area contributed by atoms with Gasteiger partial charge in [-0.1, -0.05) is 38.8 Å². The average Bonchev–Trinajstić information content (AvgIpc) is 2.99. The Labute approximate surface area is 138 Å². The molecule has 0 saturated carbocycles. The van der Waals surface area contributed by atoms with Crippen LogP contribution in [0.25, 0.3) is 10.1 Å². The lowest BCUT2D eigenvalue weighted by atomic mass is 10.00. The van der Waals surface area contributed by atoms with E-state index in [0.717, 1.165) is 19.0 Å². The van der Waals surface area contributed by atoms with E-state index in [1.807, 2.05) is 0 Å². The number of anilines is 1. The second-order valence-corrected chi connectivity index (χ2v) is 7.16. The van der Waals surface area contributed by atoms with Gasteiger partial charge in [-0.2, -0.15) is 4.37 Å². The van der Waals surface area contributed by atoms with Crippen LogP contribution in [0.1, 0.15) is 33.1 Å². The average molecular weight is 318 g/mol. The highest BCUT2D eigenvalue weighted by Gasteiger charge is 2.22. The van der Waals surface area contributed by atoms with Gasteiger partial charge in [-0.25, -0.2) is 0 Å². The number of piperazine rings is 1. The van der Waals surface area contributed by atoms with Gasteiger partial charge in [0, 0.05) is 38.1 Å². The number of rotatable bonds is 6. The zero-order valence-corrected chi connectivity index (χ0v) is 14.6. The van der Waals surface area contributed by atoms with E-state index in [1.54, 1.807) is 11.5 Å². The van der Waals surface area contributed by atoms with Gasteiger partial charge in [-0.3, -0.25) is 4.90 Å². The molecular formula is C18H27N3S. The summed E-state index contributed by atoms with van der Waals surface area (Å²) >= 11 is 1.62. The fourth-order valence-corrected chi connectivity index (χ4v) is 4.24. The van der Waals surface area contributed by atoms with Crippen LogP contribution < -0.4 is 4.90 Å². The Balaban J connectivity index is 1.60. The van der Waals surface area contributed by atoms with Crippen molar-refractivity contribution in [3.63, 3.8) is 0 Å². The van der Waals surface area contributed by atoms with Crippen molar-refractivity contribution >= 4 is 27.4 Å². The molecule has 0 N–H and O–H groups in total. The first-order valence-electron chi connectivity index (χ1n) is 8.63. The number of hydrogen-bond donors (Lipinski definition) is 0. The third-order valence-corrected chi connectivity index (χ3v) is 5.64. The molecule has 3 nitrogen and oxygen atoms in total. The molecule has 1 atom stereocenters. The third-order valence-electron chi connectivity index (χ3n) is 4.82. The molecule has 0 bridgehead atoms. The Kier molecular flexibility index (Phi) is 5.32. The molecule has 1 saturated heterocycles. The maximum atomic E-state index is 4.70. The predicted octanol–water partition coefficient (Wildman–Crippen LogP) is 4.24. The quantitative estimate of drug-likeness (QED) is 0.794. The summed E-state index contributed by atoms with van der Waals surface area (Å²) in [6.45, 7) is 10.5. The Hall–Kier alpha value is -1.13. The summed E-state index contributed by atoms with van der Waals surface area (Å²) in [5.74, 6) is 2.07. The largest absolute Gasteiger partial charge is 0.353 e. The van der Waals surface area contributed by atoms with Crippen LogP contribution in [0.2, 0.25) is 0 Å². The number of benzene rings is 1. The van der Waals surface area contributed by atoms with Gasteiger partial charge in [0.2, 0.25) is 0 Å². The van der Waals surface area contributed by atoms with Gasteiger partial charge in [-0.05, 0) is 36.0 Å². The Morgan fingerprint density at radius 1 is 1.14 bits per heavy atom. The molecule has 120 valence electrons. The molecule has 22 heavy (non-hydrogen) atoms. The maximum absolute atomic E-state index is 4.70. The molecule has 1 aromatic carbocycles. The summed E-state index contributed by atoms with van der Waals surface area (Å²) in [4.78, 5) is 5.12. The van der Waals surface area contributed by atoms with Crippen LogP contribution in [0.4, 0.5) is 5.82 Å². The number of hydrogen-bond acceptors (Lipinski definition) is 4. The van der Waals surface area contributed by atoms with Crippen molar-refractivity contribution in [2.24, 2.45) is 5.92 Å².